The largest absolute Gasteiger partial charge is 0.508 e. The molecule has 0 radical (unpaired) electrons. The van der Waals surface area contributed by atoms with Crippen LogP contribution in [-0.2, 0) is 4.79 Å². The van der Waals surface area contributed by atoms with Crippen molar-refractivity contribution in [1.29, 1.82) is 0 Å². The van der Waals surface area contributed by atoms with Crippen LogP contribution in [0.15, 0.2) is 50.7 Å². The molecule has 6 heteroatoms. The molecule has 2 rings (SSSR count). The summed E-state index contributed by atoms with van der Waals surface area (Å²) in [5.41, 5.74) is 1.72. The van der Waals surface area contributed by atoms with E-state index in [0.717, 1.165) is 18.4 Å². The highest BCUT2D eigenvalue weighted by Crippen LogP contribution is 2.34. The van der Waals surface area contributed by atoms with Gasteiger partial charge < -0.3 is 19.0 Å². The van der Waals surface area contributed by atoms with Crippen LogP contribution in [0.3, 0.4) is 0 Å². The number of phenols is 1. The minimum atomic E-state index is -0.778. The molecule has 0 amide bonds. The first kappa shape index (κ1) is 20.3. The highest BCUT2D eigenvalue weighted by molar-refractivity contribution is 5.89. The number of carbonyl (C=O) groups excluding carboxylic acids is 1. The zero-order chi connectivity index (χ0) is 20.0. The zero-order valence-corrected chi connectivity index (χ0v) is 16.0. The first-order valence-corrected chi connectivity index (χ1v) is 8.68. The Morgan fingerprint density at radius 3 is 2.56 bits per heavy atom. The third-order valence-electron chi connectivity index (χ3n) is 3.80. The number of aromatic hydroxyl groups is 1. The Bertz CT molecular complexity index is 945. The number of hydrogen-bond acceptors (Lipinski definition) is 6. The van der Waals surface area contributed by atoms with Crippen LogP contribution in [0.1, 0.15) is 40.5 Å². The molecule has 144 valence electrons. The number of benzene rings is 1. The van der Waals surface area contributed by atoms with E-state index in [1.54, 1.807) is 0 Å². The molecule has 0 aliphatic rings. The topological polar surface area (TPSA) is 86.0 Å². The molecule has 1 heterocycles. The van der Waals surface area contributed by atoms with Gasteiger partial charge in [0.25, 0.3) is 0 Å². The second kappa shape index (κ2) is 9.07. The fraction of sp³-hybridized carbons (Fsp3) is 0.333. The van der Waals surface area contributed by atoms with Gasteiger partial charge in [0.05, 0.1) is 5.39 Å². The lowest BCUT2D eigenvalue weighted by Gasteiger charge is -2.11. The lowest BCUT2D eigenvalue weighted by molar-refractivity contribution is -0.131. The van der Waals surface area contributed by atoms with E-state index in [1.165, 1.54) is 30.7 Å². The summed E-state index contributed by atoms with van der Waals surface area (Å²) < 4.78 is 15.9. The van der Waals surface area contributed by atoms with Gasteiger partial charge in [0, 0.05) is 13.0 Å². The van der Waals surface area contributed by atoms with Gasteiger partial charge in [-0.25, -0.2) is 4.79 Å². The van der Waals surface area contributed by atoms with Gasteiger partial charge >= 0.3 is 11.6 Å². The molecular weight excluding hydrogens is 348 g/mol. The van der Waals surface area contributed by atoms with Gasteiger partial charge in [-0.15, -0.1) is 0 Å². The standard InChI is InChI=1S/C21H24O6/c1-13(2)6-5-7-14(3)10-11-25-20-19(26-15(4)22)17-9-8-16(23)12-18(17)27-21(20)24/h6,8-10,12,23H,5,7,11H2,1-4H3. The molecule has 1 N–H and O–H groups in total. The minimum Gasteiger partial charge on any atom is -0.508 e. The van der Waals surface area contributed by atoms with Crippen LogP contribution in [0.2, 0.25) is 0 Å². The smallest absolute Gasteiger partial charge is 0.383 e. The number of allylic oxidation sites excluding steroid dienone is 3. The molecule has 0 atom stereocenters. The maximum absolute atomic E-state index is 12.3. The van der Waals surface area contributed by atoms with Crippen LogP contribution >= 0.6 is 0 Å². The lowest BCUT2D eigenvalue weighted by atomic mass is 10.1. The number of ether oxygens (including phenoxy) is 2. The van der Waals surface area contributed by atoms with E-state index in [4.69, 9.17) is 13.9 Å². The average Bonchev–Trinajstić information content (AvgIpc) is 2.56. The van der Waals surface area contributed by atoms with Crippen LogP contribution in [0.5, 0.6) is 17.2 Å². The second-order valence-electron chi connectivity index (χ2n) is 6.50. The van der Waals surface area contributed by atoms with E-state index < -0.39 is 11.6 Å². The fourth-order valence-electron chi connectivity index (χ4n) is 2.47. The number of phenolic OH excluding ortho intramolecular Hbond substituents is 1. The van der Waals surface area contributed by atoms with Gasteiger partial charge in [-0.1, -0.05) is 17.2 Å². The Morgan fingerprint density at radius 1 is 1.15 bits per heavy atom. The van der Waals surface area contributed by atoms with Crippen molar-refractivity contribution in [2.45, 2.75) is 40.5 Å². The molecule has 0 saturated carbocycles. The number of fused-ring (bicyclic) bond motifs is 1. The van der Waals surface area contributed by atoms with E-state index >= 15 is 0 Å². The van der Waals surface area contributed by atoms with Crippen molar-refractivity contribution < 1.29 is 23.8 Å². The van der Waals surface area contributed by atoms with Gasteiger partial charge in [-0.2, -0.15) is 0 Å². The van der Waals surface area contributed by atoms with Crippen molar-refractivity contribution in [3.8, 4) is 17.2 Å². The zero-order valence-electron chi connectivity index (χ0n) is 16.0. The molecule has 0 fully saturated rings. The average molecular weight is 372 g/mol. The van der Waals surface area contributed by atoms with Gasteiger partial charge in [-0.05, 0) is 51.8 Å². The molecule has 1 aromatic heterocycles. The van der Waals surface area contributed by atoms with Gasteiger partial charge in [0.1, 0.15) is 17.9 Å². The Morgan fingerprint density at radius 2 is 1.89 bits per heavy atom. The normalized spacial score (nSPS) is 11.3. The molecule has 0 aliphatic carbocycles. The van der Waals surface area contributed by atoms with Crippen LogP contribution in [0, 0.1) is 0 Å². The molecule has 0 spiro atoms. The predicted molar refractivity (Wildman–Crippen MR) is 103 cm³/mol. The van der Waals surface area contributed by atoms with E-state index in [1.807, 2.05) is 13.0 Å². The van der Waals surface area contributed by atoms with Crippen LogP contribution in [-0.4, -0.2) is 17.7 Å². The van der Waals surface area contributed by atoms with Gasteiger partial charge in [0.2, 0.25) is 5.75 Å². The fourth-order valence-corrected chi connectivity index (χ4v) is 2.47. The Balaban J connectivity index is 2.27. The molecular formula is C21H24O6. The number of carbonyl (C=O) groups is 1. The Kier molecular flexibility index (Phi) is 6.82. The number of hydrogen-bond donors (Lipinski definition) is 1. The summed E-state index contributed by atoms with van der Waals surface area (Å²) in [4.78, 5) is 23.7. The number of esters is 1. The van der Waals surface area contributed by atoms with Crippen molar-refractivity contribution in [3.05, 3.63) is 51.9 Å². The van der Waals surface area contributed by atoms with Crippen molar-refractivity contribution >= 4 is 16.9 Å². The Hall–Kier alpha value is -3.02. The highest BCUT2D eigenvalue weighted by Gasteiger charge is 2.19. The summed E-state index contributed by atoms with van der Waals surface area (Å²) in [6.45, 7) is 7.47. The van der Waals surface area contributed by atoms with Crippen molar-refractivity contribution in [2.75, 3.05) is 6.61 Å². The highest BCUT2D eigenvalue weighted by atomic mass is 16.6. The maximum Gasteiger partial charge on any atom is 0.383 e. The van der Waals surface area contributed by atoms with E-state index in [2.05, 4.69) is 19.9 Å². The summed E-state index contributed by atoms with van der Waals surface area (Å²) in [5, 5.41) is 9.92. The van der Waals surface area contributed by atoms with E-state index in [9.17, 15) is 14.7 Å². The molecule has 0 unspecified atom stereocenters. The molecule has 27 heavy (non-hydrogen) atoms. The summed E-state index contributed by atoms with van der Waals surface area (Å²) in [6, 6.07) is 4.19. The molecule has 1 aromatic carbocycles. The first-order valence-electron chi connectivity index (χ1n) is 8.68. The third-order valence-corrected chi connectivity index (χ3v) is 3.80. The molecule has 6 nitrogen and oxygen atoms in total. The summed E-state index contributed by atoms with van der Waals surface area (Å²) in [7, 11) is 0. The molecule has 2 aromatic rings. The van der Waals surface area contributed by atoms with Crippen LogP contribution in [0.25, 0.3) is 11.0 Å². The van der Waals surface area contributed by atoms with Crippen molar-refractivity contribution in [2.24, 2.45) is 0 Å². The quantitative estimate of drug-likeness (QED) is 0.438. The predicted octanol–water partition coefficient (Wildman–Crippen LogP) is 4.50. The van der Waals surface area contributed by atoms with Crippen LogP contribution < -0.4 is 15.1 Å². The third kappa shape index (κ3) is 5.74. The summed E-state index contributed by atoms with van der Waals surface area (Å²) in [6.07, 6.45) is 5.85. The van der Waals surface area contributed by atoms with E-state index in [-0.39, 0.29) is 29.4 Å². The Labute approximate surface area is 157 Å². The molecule has 0 bridgehead atoms. The van der Waals surface area contributed by atoms with E-state index in [0.29, 0.717) is 5.39 Å². The van der Waals surface area contributed by atoms with Crippen molar-refractivity contribution in [1.82, 2.24) is 0 Å². The molecule has 0 saturated heterocycles. The minimum absolute atomic E-state index is 0.00987. The van der Waals surface area contributed by atoms with Crippen molar-refractivity contribution in [3.63, 3.8) is 0 Å². The number of rotatable bonds is 7. The summed E-state index contributed by atoms with van der Waals surface area (Å²) >= 11 is 0. The maximum atomic E-state index is 12.3. The second-order valence-corrected chi connectivity index (χ2v) is 6.50. The first-order chi connectivity index (χ1) is 12.8. The van der Waals surface area contributed by atoms with Gasteiger partial charge in [0.15, 0.2) is 5.75 Å². The molecule has 0 aliphatic heterocycles. The summed E-state index contributed by atoms with van der Waals surface area (Å²) in [5.74, 6) is -0.836. The van der Waals surface area contributed by atoms with Gasteiger partial charge in [-0.3, -0.25) is 4.79 Å². The van der Waals surface area contributed by atoms with Crippen LogP contribution in [0.4, 0.5) is 0 Å². The SMILES string of the molecule is CC(=O)Oc1c(OCC=C(C)CCC=C(C)C)c(=O)oc2cc(O)ccc12. The lowest BCUT2D eigenvalue weighted by Crippen LogP contribution is -2.12. The monoisotopic (exact) mass is 372 g/mol.